The number of nitrogens with one attached hydrogen (secondary N) is 1. The molecule has 1 aliphatic carbocycles. The van der Waals surface area contributed by atoms with Gasteiger partial charge >= 0.3 is 0 Å². The Hall–Kier alpha value is -0.830. The molecule has 17 heavy (non-hydrogen) atoms. The minimum Gasteiger partial charge on any atom is -0.313 e. The van der Waals surface area contributed by atoms with E-state index in [0.29, 0.717) is 11.5 Å². The summed E-state index contributed by atoms with van der Waals surface area (Å²) in [6.45, 7) is 10.9. The van der Waals surface area contributed by atoms with Crippen LogP contribution in [-0.4, -0.2) is 22.4 Å². The van der Waals surface area contributed by atoms with Gasteiger partial charge in [-0.3, -0.25) is 4.68 Å². The Morgan fingerprint density at radius 2 is 2.18 bits per heavy atom. The highest BCUT2D eigenvalue weighted by Gasteiger charge is 2.44. The van der Waals surface area contributed by atoms with Gasteiger partial charge in [-0.05, 0) is 44.7 Å². The van der Waals surface area contributed by atoms with Crippen LogP contribution in [0.1, 0.15) is 45.0 Å². The van der Waals surface area contributed by atoms with Gasteiger partial charge in [0.15, 0.2) is 0 Å². The Morgan fingerprint density at radius 1 is 1.47 bits per heavy atom. The maximum Gasteiger partial charge on any atom is 0.0596 e. The second-order valence-electron chi connectivity index (χ2n) is 5.56. The van der Waals surface area contributed by atoms with E-state index < -0.39 is 0 Å². The smallest absolute Gasteiger partial charge is 0.0596 e. The number of hydrogen-bond donors (Lipinski definition) is 1. The summed E-state index contributed by atoms with van der Waals surface area (Å²) in [6.07, 6.45) is 3.84. The first-order valence-corrected chi connectivity index (χ1v) is 6.85. The van der Waals surface area contributed by atoms with Gasteiger partial charge < -0.3 is 5.32 Å². The lowest BCUT2D eigenvalue weighted by Gasteiger charge is -2.24. The van der Waals surface area contributed by atoms with Gasteiger partial charge in [0.2, 0.25) is 0 Å². The van der Waals surface area contributed by atoms with E-state index in [2.05, 4.69) is 48.9 Å². The number of aryl methyl sites for hydroxylation is 2. The van der Waals surface area contributed by atoms with Gasteiger partial charge in [-0.2, -0.15) is 5.10 Å². The van der Waals surface area contributed by atoms with Crippen molar-refractivity contribution in [2.24, 2.45) is 5.41 Å². The van der Waals surface area contributed by atoms with Crippen molar-refractivity contribution in [3.8, 4) is 0 Å². The van der Waals surface area contributed by atoms with Crippen LogP contribution >= 0.6 is 0 Å². The van der Waals surface area contributed by atoms with Crippen molar-refractivity contribution in [2.75, 3.05) is 6.54 Å². The lowest BCUT2D eigenvalue weighted by molar-refractivity contribution is 0.352. The van der Waals surface area contributed by atoms with Crippen molar-refractivity contribution in [3.63, 3.8) is 0 Å². The molecule has 1 saturated carbocycles. The molecule has 96 valence electrons. The summed E-state index contributed by atoms with van der Waals surface area (Å²) in [5.74, 6) is 0. The monoisotopic (exact) mass is 235 g/mol. The fourth-order valence-electron chi connectivity index (χ4n) is 2.60. The minimum atomic E-state index is 0.521. The first-order chi connectivity index (χ1) is 8.09. The average molecular weight is 235 g/mol. The number of aromatic nitrogens is 2. The molecule has 3 heteroatoms. The molecule has 1 heterocycles. The zero-order valence-corrected chi connectivity index (χ0v) is 11.6. The van der Waals surface area contributed by atoms with Crippen LogP contribution < -0.4 is 5.32 Å². The van der Waals surface area contributed by atoms with Gasteiger partial charge in [0.25, 0.3) is 0 Å². The van der Waals surface area contributed by atoms with Crippen LogP contribution in [0.15, 0.2) is 6.07 Å². The molecule has 3 nitrogen and oxygen atoms in total. The van der Waals surface area contributed by atoms with Crippen molar-refractivity contribution in [3.05, 3.63) is 17.5 Å². The van der Waals surface area contributed by atoms with Gasteiger partial charge in [-0.25, -0.2) is 0 Å². The van der Waals surface area contributed by atoms with Crippen LogP contribution in [0.3, 0.4) is 0 Å². The van der Waals surface area contributed by atoms with E-state index >= 15 is 0 Å². The Bertz CT molecular complexity index is 377. The van der Waals surface area contributed by atoms with E-state index in [4.69, 9.17) is 0 Å². The molecule has 1 N–H and O–H groups in total. The summed E-state index contributed by atoms with van der Waals surface area (Å²) in [5, 5.41) is 8.19. The van der Waals surface area contributed by atoms with E-state index in [1.54, 1.807) is 0 Å². The number of rotatable bonds is 6. The fourth-order valence-corrected chi connectivity index (χ4v) is 2.60. The van der Waals surface area contributed by atoms with E-state index in [1.165, 1.54) is 18.5 Å². The molecule has 0 bridgehead atoms. The summed E-state index contributed by atoms with van der Waals surface area (Å²) in [7, 11) is 0. The molecule has 1 aromatic rings. The standard InChI is InChI=1S/C14H25N3/c1-5-15-13(14(4)7-8-14)10-12-9-11(3)16-17(12)6-2/h9,13,15H,5-8,10H2,1-4H3. The zero-order chi connectivity index (χ0) is 12.5. The highest BCUT2D eigenvalue weighted by Crippen LogP contribution is 2.48. The molecule has 1 aliphatic rings. The molecule has 0 aliphatic heterocycles. The van der Waals surface area contributed by atoms with Crippen molar-refractivity contribution in [1.29, 1.82) is 0 Å². The minimum absolute atomic E-state index is 0.521. The Kier molecular flexibility index (Phi) is 3.57. The van der Waals surface area contributed by atoms with E-state index in [9.17, 15) is 0 Å². The normalized spacial score (nSPS) is 19.3. The quantitative estimate of drug-likeness (QED) is 0.821. The number of nitrogens with zero attached hydrogens (tertiary/aromatic N) is 2. The molecule has 0 aromatic carbocycles. The highest BCUT2D eigenvalue weighted by molar-refractivity contribution is 5.13. The molecule has 1 aromatic heterocycles. The molecule has 0 radical (unpaired) electrons. The van der Waals surface area contributed by atoms with Gasteiger partial charge in [0.1, 0.15) is 0 Å². The largest absolute Gasteiger partial charge is 0.313 e. The number of hydrogen-bond acceptors (Lipinski definition) is 2. The summed E-state index contributed by atoms with van der Waals surface area (Å²) < 4.78 is 2.14. The molecule has 1 fully saturated rings. The van der Waals surface area contributed by atoms with E-state index in [1.807, 2.05) is 0 Å². The molecule has 2 rings (SSSR count). The predicted octanol–water partition coefficient (Wildman–Crippen LogP) is 2.53. The lowest BCUT2D eigenvalue weighted by Crippen LogP contribution is -2.38. The van der Waals surface area contributed by atoms with Crippen LogP contribution in [0.5, 0.6) is 0 Å². The van der Waals surface area contributed by atoms with Crippen LogP contribution in [0.4, 0.5) is 0 Å². The zero-order valence-electron chi connectivity index (χ0n) is 11.6. The summed E-state index contributed by atoms with van der Waals surface area (Å²) in [6, 6.07) is 2.84. The molecule has 0 spiro atoms. The number of likely N-dealkylation sites (N-methyl/N-ethyl adjacent to an activating group) is 1. The fraction of sp³-hybridized carbons (Fsp3) is 0.786. The van der Waals surface area contributed by atoms with E-state index in [0.717, 1.165) is 25.2 Å². The predicted molar refractivity (Wildman–Crippen MR) is 71.1 cm³/mol. The van der Waals surface area contributed by atoms with Gasteiger partial charge in [0.05, 0.1) is 5.69 Å². The third-order valence-electron chi connectivity index (χ3n) is 4.03. The molecule has 1 unspecified atom stereocenters. The van der Waals surface area contributed by atoms with Crippen molar-refractivity contribution >= 4 is 0 Å². The van der Waals surface area contributed by atoms with Gasteiger partial charge in [-0.1, -0.05) is 13.8 Å². The Morgan fingerprint density at radius 3 is 2.71 bits per heavy atom. The van der Waals surface area contributed by atoms with Crippen molar-refractivity contribution in [1.82, 2.24) is 15.1 Å². The van der Waals surface area contributed by atoms with Crippen molar-refractivity contribution < 1.29 is 0 Å². The van der Waals surface area contributed by atoms with E-state index in [-0.39, 0.29) is 0 Å². The van der Waals surface area contributed by atoms with Gasteiger partial charge in [0, 0.05) is 24.7 Å². The second kappa shape index (κ2) is 4.81. The first-order valence-electron chi connectivity index (χ1n) is 6.85. The van der Waals surface area contributed by atoms with Crippen LogP contribution in [-0.2, 0) is 13.0 Å². The van der Waals surface area contributed by atoms with Crippen LogP contribution in [0.25, 0.3) is 0 Å². The third-order valence-corrected chi connectivity index (χ3v) is 4.03. The van der Waals surface area contributed by atoms with Gasteiger partial charge in [-0.15, -0.1) is 0 Å². The second-order valence-corrected chi connectivity index (χ2v) is 5.56. The highest BCUT2D eigenvalue weighted by atomic mass is 15.3. The topological polar surface area (TPSA) is 29.9 Å². The summed E-state index contributed by atoms with van der Waals surface area (Å²) >= 11 is 0. The lowest BCUT2D eigenvalue weighted by atomic mass is 9.94. The summed E-state index contributed by atoms with van der Waals surface area (Å²) in [5.41, 5.74) is 3.04. The maximum absolute atomic E-state index is 4.53. The molecular formula is C14H25N3. The molecular weight excluding hydrogens is 210 g/mol. The van der Waals surface area contributed by atoms with Crippen molar-refractivity contribution in [2.45, 2.75) is 59.5 Å². The van der Waals surface area contributed by atoms with Crippen LogP contribution in [0, 0.1) is 12.3 Å². The molecule has 1 atom stereocenters. The molecule has 0 saturated heterocycles. The maximum atomic E-state index is 4.53. The van der Waals surface area contributed by atoms with Crippen LogP contribution in [0.2, 0.25) is 0 Å². The Balaban J connectivity index is 2.11. The summed E-state index contributed by atoms with van der Waals surface area (Å²) in [4.78, 5) is 0. The SMILES string of the molecule is CCNC(Cc1cc(C)nn1CC)C1(C)CC1. The average Bonchev–Trinajstić information content (AvgIpc) is 2.93. The Labute approximate surface area is 105 Å². The molecule has 0 amide bonds. The third kappa shape index (κ3) is 2.71. The first kappa shape index (κ1) is 12.6.